The molecule has 16 heavy (non-hydrogen) atoms. The predicted octanol–water partition coefficient (Wildman–Crippen LogP) is 0.342. The lowest BCUT2D eigenvalue weighted by Gasteiger charge is -2.10. The Kier molecular flexibility index (Phi) is 3.69. The van der Waals surface area contributed by atoms with Crippen LogP contribution in [0.15, 0.2) is 4.42 Å². The molecule has 0 bridgehead atoms. The van der Waals surface area contributed by atoms with Gasteiger partial charge in [0.25, 0.3) is 5.91 Å². The molecule has 90 valence electrons. The highest BCUT2D eigenvalue weighted by molar-refractivity contribution is 7.52. The molecule has 1 rings (SSSR count). The van der Waals surface area contributed by atoms with Crippen LogP contribution in [0.4, 0.5) is 5.88 Å². The number of nitrogens with two attached hydrogens (primary N) is 2. The van der Waals surface area contributed by atoms with Gasteiger partial charge in [0, 0.05) is 14.2 Å². The summed E-state index contributed by atoms with van der Waals surface area (Å²) in [7, 11) is -0.848. The molecule has 0 aromatic carbocycles. The van der Waals surface area contributed by atoms with Gasteiger partial charge in [-0.25, -0.2) is 4.98 Å². The minimum Gasteiger partial charge on any atom is -0.424 e. The summed E-state index contributed by atoms with van der Waals surface area (Å²) in [4.78, 5) is 14.5. The van der Waals surface area contributed by atoms with Crippen LogP contribution in [-0.2, 0) is 19.8 Å². The van der Waals surface area contributed by atoms with E-state index in [4.69, 9.17) is 15.9 Å². The van der Waals surface area contributed by atoms with Gasteiger partial charge in [0.1, 0.15) is 6.16 Å². The molecule has 0 aliphatic carbocycles. The van der Waals surface area contributed by atoms with E-state index in [1.54, 1.807) is 0 Å². The van der Waals surface area contributed by atoms with Gasteiger partial charge in [-0.15, -0.1) is 0 Å². The lowest BCUT2D eigenvalue weighted by Crippen LogP contribution is -2.13. The summed E-state index contributed by atoms with van der Waals surface area (Å²) in [6.45, 7) is 0. The van der Waals surface area contributed by atoms with Crippen LogP contribution in [0.25, 0.3) is 0 Å². The Morgan fingerprint density at radius 3 is 2.44 bits per heavy atom. The number of hydrogen-bond acceptors (Lipinski definition) is 7. The van der Waals surface area contributed by atoms with Crippen molar-refractivity contribution in [1.82, 2.24) is 4.98 Å². The summed E-state index contributed by atoms with van der Waals surface area (Å²) in [5.41, 5.74) is 10.1. The highest BCUT2D eigenvalue weighted by Gasteiger charge is 2.26. The first-order valence-corrected chi connectivity index (χ1v) is 5.90. The zero-order valence-corrected chi connectivity index (χ0v) is 9.69. The average molecular weight is 249 g/mol. The summed E-state index contributed by atoms with van der Waals surface area (Å²) in [6.07, 6.45) is -0.225. The van der Waals surface area contributed by atoms with E-state index in [1.807, 2.05) is 0 Å². The van der Waals surface area contributed by atoms with Gasteiger partial charge in [-0.3, -0.25) is 9.36 Å². The molecule has 1 aromatic heterocycles. The maximum absolute atomic E-state index is 11.7. The van der Waals surface area contributed by atoms with Gasteiger partial charge in [-0.2, -0.15) is 0 Å². The fourth-order valence-electron chi connectivity index (χ4n) is 0.991. The summed E-state index contributed by atoms with van der Waals surface area (Å²) < 4.78 is 26.0. The number of hydrogen-bond donors (Lipinski definition) is 2. The van der Waals surface area contributed by atoms with Crippen molar-refractivity contribution in [3.05, 3.63) is 11.6 Å². The lowest BCUT2D eigenvalue weighted by atomic mass is 10.4. The molecular weight excluding hydrogens is 237 g/mol. The van der Waals surface area contributed by atoms with Crippen LogP contribution < -0.4 is 11.5 Å². The largest absolute Gasteiger partial charge is 0.424 e. The Balaban J connectivity index is 2.95. The average Bonchev–Trinajstić information content (AvgIpc) is 2.59. The molecule has 0 aliphatic heterocycles. The number of aromatic nitrogens is 1. The molecule has 0 fully saturated rings. The number of nitrogens with zero attached hydrogens (tertiary/aromatic N) is 1. The Bertz CT molecular complexity index is 435. The molecule has 4 N–H and O–H groups in total. The number of rotatable bonds is 5. The number of nitrogen functional groups attached to an aromatic ring is 1. The van der Waals surface area contributed by atoms with Gasteiger partial charge in [-0.1, -0.05) is 0 Å². The first-order valence-electron chi connectivity index (χ1n) is 4.17. The number of carbonyl (C=O) groups excluding carboxylic acids is 1. The van der Waals surface area contributed by atoms with E-state index in [1.165, 1.54) is 14.2 Å². The molecular formula is C7H12N3O5P. The van der Waals surface area contributed by atoms with E-state index in [0.717, 1.165) is 0 Å². The zero-order valence-electron chi connectivity index (χ0n) is 8.80. The molecule has 0 radical (unpaired) electrons. The summed E-state index contributed by atoms with van der Waals surface area (Å²) in [5.74, 6) is -1.07. The van der Waals surface area contributed by atoms with Crippen LogP contribution >= 0.6 is 7.60 Å². The molecule has 0 saturated heterocycles. The van der Waals surface area contributed by atoms with Crippen molar-refractivity contribution in [3.8, 4) is 0 Å². The van der Waals surface area contributed by atoms with Crippen molar-refractivity contribution in [1.29, 1.82) is 0 Å². The number of carbonyl (C=O) groups is 1. The van der Waals surface area contributed by atoms with E-state index in [-0.39, 0.29) is 23.6 Å². The standard InChI is InChI=1S/C7H12N3O5P/c1-13-16(12,14-2)3-4-10-5(6(8)11)7(9)15-4/h3,9H2,1-2H3,(H2,8,11). The number of amides is 1. The second-order valence-electron chi connectivity index (χ2n) is 2.82. The Hall–Kier alpha value is -1.37. The highest BCUT2D eigenvalue weighted by atomic mass is 31.2. The van der Waals surface area contributed by atoms with E-state index in [0.29, 0.717) is 0 Å². The molecule has 8 nitrogen and oxygen atoms in total. The van der Waals surface area contributed by atoms with Crippen molar-refractivity contribution < 1.29 is 22.8 Å². The van der Waals surface area contributed by atoms with Crippen molar-refractivity contribution in [2.45, 2.75) is 6.16 Å². The smallest absolute Gasteiger partial charge is 0.339 e. The van der Waals surface area contributed by atoms with Crippen molar-refractivity contribution in [2.75, 3.05) is 20.0 Å². The molecule has 1 aromatic rings. The normalized spacial score (nSPS) is 11.6. The third-order valence-electron chi connectivity index (χ3n) is 1.82. The van der Waals surface area contributed by atoms with Gasteiger partial charge in [-0.05, 0) is 0 Å². The molecule has 0 unspecified atom stereocenters. The van der Waals surface area contributed by atoms with Crippen molar-refractivity contribution in [2.24, 2.45) is 5.73 Å². The highest BCUT2D eigenvalue weighted by Crippen LogP contribution is 2.49. The van der Waals surface area contributed by atoms with E-state index in [2.05, 4.69) is 14.0 Å². The van der Waals surface area contributed by atoms with E-state index in [9.17, 15) is 9.36 Å². The fraction of sp³-hybridized carbons (Fsp3) is 0.429. The van der Waals surface area contributed by atoms with Crippen LogP contribution in [0.2, 0.25) is 0 Å². The van der Waals surface area contributed by atoms with Crippen LogP contribution in [0.5, 0.6) is 0 Å². The van der Waals surface area contributed by atoms with Crippen molar-refractivity contribution >= 4 is 19.4 Å². The third kappa shape index (κ3) is 2.60. The lowest BCUT2D eigenvalue weighted by molar-refractivity contribution is 0.0996. The molecule has 1 amide bonds. The molecule has 0 atom stereocenters. The minimum atomic E-state index is -3.30. The SMILES string of the molecule is COP(=O)(Cc1nc(C(N)=O)c(N)o1)OC. The molecule has 9 heteroatoms. The van der Waals surface area contributed by atoms with Gasteiger partial charge in [0.2, 0.25) is 11.8 Å². The summed E-state index contributed by atoms with van der Waals surface area (Å²) in [6, 6.07) is 0. The predicted molar refractivity (Wildman–Crippen MR) is 54.8 cm³/mol. The van der Waals surface area contributed by atoms with Crippen LogP contribution in [0, 0.1) is 0 Å². The van der Waals surface area contributed by atoms with Gasteiger partial charge in [0.15, 0.2) is 5.69 Å². The molecule has 1 heterocycles. The third-order valence-corrected chi connectivity index (χ3v) is 3.59. The Labute approximate surface area is 91.4 Å². The maximum Gasteiger partial charge on any atom is 0.339 e. The van der Waals surface area contributed by atoms with Crippen LogP contribution in [0.1, 0.15) is 16.4 Å². The van der Waals surface area contributed by atoms with Crippen molar-refractivity contribution in [3.63, 3.8) is 0 Å². The van der Waals surface area contributed by atoms with Gasteiger partial charge < -0.3 is 24.9 Å². The summed E-state index contributed by atoms with van der Waals surface area (Å²) >= 11 is 0. The molecule has 0 saturated carbocycles. The van der Waals surface area contributed by atoms with E-state index < -0.39 is 13.5 Å². The first kappa shape index (κ1) is 12.7. The van der Waals surface area contributed by atoms with Gasteiger partial charge >= 0.3 is 7.60 Å². The molecule has 0 spiro atoms. The molecule has 0 aliphatic rings. The van der Waals surface area contributed by atoms with E-state index >= 15 is 0 Å². The minimum absolute atomic E-state index is 0.0293. The topological polar surface area (TPSA) is 131 Å². The maximum atomic E-state index is 11.7. The first-order chi connectivity index (χ1) is 7.41. The van der Waals surface area contributed by atoms with Crippen LogP contribution in [0.3, 0.4) is 0 Å². The zero-order chi connectivity index (χ0) is 12.3. The van der Waals surface area contributed by atoms with Gasteiger partial charge in [0.05, 0.1) is 0 Å². The number of oxazole rings is 1. The number of primary amides is 1. The monoisotopic (exact) mass is 249 g/mol. The summed E-state index contributed by atoms with van der Waals surface area (Å²) in [5, 5.41) is 0. The Morgan fingerprint density at radius 2 is 2.06 bits per heavy atom. The fourth-order valence-corrected chi connectivity index (χ4v) is 1.87. The Morgan fingerprint density at radius 1 is 1.50 bits per heavy atom. The second kappa shape index (κ2) is 4.65. The quantitative estimate of drug-likeness (QED) is 0.719. The second-order valence-corrected chi connectivity index (χ2v) is 5.09. The van der Waals surface area contributed by atoms with Crippen LogP contribution in [-0.4, -0.2) is 25.1 Å². The number of anilines is 1.